The Bertz CT molecular complexity index is 983. The smallest absolute Gasteiger partial charge is 0.416 e. The highest BCUT2D eigenvalue weighted by atomic mass is 32.1. The third-order valence-electron chi connectivity index (χ3n) is 4.61. The first-order valence-corrected chi connectivity index (χ1v) is 9.71. The largest absolute Gasteiger partial charge is 0.421 e. The molecule has 0 saturated carbocycles. The van der Waals surface area contributed by atoms with Gasteiger partial charge in [0, 0.05) is 36.0 Å². The molecule has 146 valence electrons. The molecule has 1 aliphatic heterocycles. The fourth-order valence-corrected chi connectivity index (χ4v) is 3.87. The third kappa shape index (κ3) is 3.80. The number of benzene rings is 1. The predicted octanol–water partition coefficient (Wildman–Crippen LogP) is 4.73. The Hall–Kier alpha value is -2.68. The van der Waals surface area contributed by atoms with E-state index in [1.54, 1.807) is 4.90 Å². The van der Waals surface area contributed by atoms with E-state index in [2.05, 4.69) is 10.2 Å². The molecule has 0 aliphatic carbocycles. The standard InChI is InChI=1S/C19H16F3N3O2S/c20-19(21,22)14-3-4-15-12(10-14)2-1-8-25(15)17(26)6-5-16-23-24-18(27-16)13-7-9-28-11-13/h3-4,7,9-11H,1-2,5-6,8H2. The molecule has 28 heavy (non-hydrogen) atoms. The Morgan fingerprint density at radius 1 is 1.25 bits per heavy atom. The zero-order chi connectivity index (χ0) is 19.7. The molecule has 0 unspecified atom stereocenters. The van der Waals surface area contributed by atoms with Crippen molar-refractivity contribution < 1.29 is 22.4 Å². The summed E-state index contributed by atoms with van der Waals surface area (Å²) in [5, 5.41) is 11.7. The van der Waals surface area contributed by atoms with Crippen LogP contribution in [0.15, 0.2) is 39.4 Å². The fraction of sp³-hybridized carbons (Fsp3) is 0.316. The Kier molecular flexibility index (Phi) is 4.92. The van der Waals surface area contributed by atoms with Crippen LogP contribution in [0.2, 0.25) is 0 Å². The number of amides is 1. The summed E-state index contributed by atoms with van der Waals surface area (Å²) in [6, 6.07) is 5.42. The van der Waals surface area contributed by atoms with Gasteiger partial charge in [-0.05, 0) is 48.1 Å². The summed E-state index contributed by atoms with van der Waals surface area (Å²) >= 11 is 1.52. The van der Waals surface area contributed by atoms with E-state index < -0.39 is 11.7 Å². The van der Waals surface area contributed by atoms with Crippen molar-refractivity contribution in [2.24, 2.45) is 0 Å². The summed E-state index contributed by atoms with van der Waals surface area (Å²) in [6.45, 7) is 0.487. The van der Waals surface area contributed by atoms with Gasteiger partial charge in [0.15, 0.2) is 0 Å². The van der Waals surface area contributed by atoms with Gasteiger partial charge in [-0.25, -0.2) is 0 Å². The minimum atomic E-state index is -4.39. The van der Waals surface area contributed by atoms with Crippen LogP contribution in [0.4, 0.5) is 18.9 Å². The number of carbonyl (C=O) groups excluding carboxylic acids is 1. The first kappa shape index (κ1) is 18.7. The number of anilines is 1. The quantitative estimate of drug-likeness (QED) is 0.627. The molecule has 0 fully saturated rings. The Morgan fingerprint density at radius 3 is 2.86 bits per heavy atom. The lowest BCUT2D eigenvalue weighted by Crippen LogP contribution is -2.35. The van der Waals surface area contributed by atoms with Crippen molar-refractivity contribution in [1.82, 2.24) is 10.2 Å². The van der Waals surface area contributed by atoms with Crippen LogP contribution >= 0.6 is 11.3 Å². The van der Waals surface area contributed by atoms with E-state index in [4.69, 9.17) is 4.42 Å². The summed E-state index contributed by atoms with van der Waals surface area (Å²) in [5.41, 5.74) is 1.24. The number of aromatic nitrogens is 2. The molecule has 2 aromatic heterocycles. The monoisotopic (exact) mass is 407 g/mol. The number of aryl methyl sites for hydroxylation is 2. The molecule has 0 saturated heterocycles. The fourth-order valence-electron chi connectivity index (χ4n) is 3.24. The molecule has 0 N–H and O–H groups in total. The van der Waals surface area contributed by atoms with Crippen molar-refractivity contribution in [2.45, 2.75) is 31.9 Å². The van der Waals surface area contributed by atoms with E-state index in [9.17, 15) is 18.0 Å². The molecule has 3 aromatic rings. The van der Waals surface area contributed by atoms with Crippen molar-refractivity contribution in [3.63, 3.8) is 0 Å². The average molecular weight is 407 g/mol. The van der Waals surface area contributed by atoms with Gasteiger partial charge in [-0.3, -0.25) is 4.79 Å². The summed E-state index contributed by atoms with van der Waals surface area (Å²) < 4.78 is 44.3. The minimum absolute atomic E-state index is 0.145. The van der Waals surface area contributed by atoms with Crippen molar-refractivity contribution in [2.75, 3.05) is 11.4 Å². The molecule has 5 nitrogen and oxygen atoms in total. The summed E-state index contributed by atoms with van der Waals surface area (Å²) in [6.07, 6.45) is -2.81. The van der Waals surface area contributed by atoms with Crippen molar-refractivity contribution in [3.05, 3.63) is 52.0 Å². The minimum Gasteiger partial charge on any atom is -0.421 e. The van der Waals surface area contributed by atoms with Gasteiger partial charge in [0.05, 0.1) is 5.56 Å². The van der Waals surface area contributed by atoms with E-state index in [0.29, 0.717) is 42.4 Å². The molecule has 1 aromatic carbocycles. The number of fused-ring (bicyclic) bond motifs is 1. The van der Waals surface area contributed by atoms with Crippen LogP contribution in [-0.4, -0.2) is 22.6 Å². The van der Waals surface area contributed by atoms with E-state index in [0.717, 1.165) is 17.7 Å². The lowest BCUT2D eigenvalue weighted by molar-refractivity contribution is -0.137. The number of nitrogens with zero attached hydrogens (tertiary/aromatic N) is 3. The first-order valence-electron chi connectivity index (χ1n) is 8.77. The van der Waals surface area contributed by atoms with Gasteiger partial charge >= 0.3 is 6.18 Å². The number of rotatable bonds is 4. The molecule has 1 amide bonds. The van der Waals surface area contributed by atoms with Crippen molar-refractivity contribution in [1.29, 1.82) is 0 Å². The molecular formula is C19H16F3N3O2S. The predicted molar refractivity (Wildman–Crippen MR) is 98.1 cm³/mol. The van der Waals surface area contributed by atoms with Gasteiger partial charge in [-0.2, -0.15) is 24.5 Å². The van der Waals surface area contributed by atoms with Gasteiger partial charge < -0.3 is 9.32 Å². The van der Waals surface area contributed by atoms with E-state index >= 15 is 0 Å². The number of thiophene rings is 1. The zero-order valence-corrected chi connectivity index (χ0v) is 15.5. The van der Waals surface area contributed by atoms with Crippen LogP contribution in [-0.2, 0) is 23.8 Å². The second-order valence-electron chi connectivity index (χ2n) is 6.50. The number of hydrogen-bond donors (Lipinski definition) is 0. The van der Waals surface area contributed by atoms with Crippen LogP contribution in [0, 0.1) is 0 Å². The Labute approximate surface area is 162 Å². The molecule has 0 spiro atoms. The number of carbonyl (C=O) groups is 1. The van der Waals surface area contributed by atoms with E-state index in [1.807, 2.05) is 16.8 Å². The first-order chi connectivity index (χ1) is 13.4. The second kappa shape index (κ2) is 7.38. The van der Waals surface area contributed by atoms with Crippen molar-refractivity contribution >= 4 is 22.9 Å². The summed E-state index contributed by atoms with van der Waals surface area (Å²) in [5.74, 6) is 0.599. The highest BCUT2D eigenvalue weighted by Crippen LogP contribution is 2.35. The molecule has 0 radical (unpaired) electrons. The molecule has 4 rings (SSSR count). The summed E-state index contributed by atoms with van der Waals surface area (Å²) in [7, 11) is 0. The van der Waals surface area contributed by atoms with Gasteiger partial charge in [0.2, 0.25) is 17.7 Å². The van der Waals surface area contributed by atoms with Gasteiger partial charge in [-0.1, -0.05) is 0 Å². The van der Waals surface area contributed by atoms with Crippen LogP contribution in [0.5, 0.6) is 0 Å². The van der Waals surface area contributed by atoms with Gasteiger partial charge in [0.1, 0.15) is 0 Å². The number of halogens is 3. The Morgan fingerprint density at radius 2 is 2.11 bits per heavy atom. The van der Waals surface area contributed by atoms with Gasteiger partial charge in [0.25, 0.3) is 0 Å². The van der Waals surface area contributed by atoms with Crippen LogP contribution in [0.3, 0.4) is 0 Å². The van der Waals surface area contributed by atoms with Crippen LogP contribution in [0.25, 0.3) is 11.5 Å². The number of hydrogen-bond acceptors (Lipinski definition) is 5. The lowest BCUT2D eigenvalue weighted by Gasteiger charge is -2.30. The Balaban J connectivity index is 1.45. The highest BCUT2D eigenvalue weighted by Gasteiger charge is 2.32. The molecule has 0 bridgehead atoms. The van der Waals surface area contributed by atoms with Crippen molar-refractivity contribution in [3.8, 4) is 11.5 Å². The zero-order valence-electron chi connectivity index (χ0n) is 14.7. The SMILES string of the molecule is O=C(CCc1nnc(-c2ccsc2)o1)N1CCCc2cc(C(F)(F)F)ccc21. The highest BCUT2D eigenvalue weighted by molar-refractivity contribution is 7.08. The lowest BCUT2D eigenvalue weighted by atomic mass is 9.98. The summed E-state index contributed by atoms with van der Waals surface area (Å²) in [4.78, 5) is 14.2. The van der Waals surface area contributed by atoms with Gasteiger partial charge in [-0.15, -0.1) is 10.2 Å². The van der Waals surface area contributed by atoms with E-state index in [1.165, 1.54) is 17.4 Å². The maximum Gasteiger partial charge on any atom is 0.416 e. The second-order valence-corrected chi connectivity index (χ2v) is 7.28. The molecule has 0 atom stereocenters. The molecular weight excluding hydrogens is 391 g/mol. The van der Waals surface area contributed by atoms with E-state index in [-0.39, 0.29) is 18.7 Å². The van der Waals surface area contributed by atoms with Crippen LogP contribution in [0.1, 0.15) is 29.9 Å². The maximum atomic E-state index is 12.9. The molecule has 1 aliphatic rings. The topological polar surface area (TPSA) is 59.2 Å². The normalized spacial score (nSPS) is 14.2. The molecule has 3 heterocycles. The molecule has 9 heteroatoms. The third-order valence-corrected chi connectivity index (χ3v) is 5.30. The number of alkyl halides is 3. The maximum absolute atomic E-state index is 12.9. The average Bonchev–Trinajstić information content (AvgIpc) is 3.36. The van der Waals surface area contributed by atoms with Crippen LogP contribution < -0.4 is 4.90 Å².